The lowest BCUT2D eigenvalue weighted by molar-refractivity contribution is -0.123. The van der Waals surface area contributed by atoms with Crippen LogP contribution in [-0.4, -0.2) is 27.9 Å². The second-order valence-electron chi connectivity index (χ2n) is 6.33. The van der Waals surface area contributed by atoms with Crippen molar-refractivity contribution < 1.29 is 14.3 Å². The summed E-state index contributed by atoms with van der Waals surface area (Å²) >= 11 is 5.78. The fourth-order valence-corrected chi connectivity index (χ4v) is 3.03. The minimum atomic E-state index is -0.999. The van der Waals surface area contributed by atoms with Crippen molar-refractivity contribution >= 4 is 40.2 Å². The molecule has 3 rings (SSSR count). The summed E-state index contributed by atoms with van der Waals surface area (Å²) in [5, 5.41) is 3.77. The monoisotopic (exact) mass is 397 g/mol. The first-order valence-corrected chi connectivity index (χ1v) is 9.30. The molecule has 1 aromatic carbocycles. The molecule has 0 bridgehead atoms. The van der Waals surface area contributed by atoms with Crippen LogP contribution in [0.3, 0.4) is 0 Å². The molecule has 28 heavy (non-hydrogen) atoms. The molecule has 0 unspecified atom stereocenters. The van der Waals surface area contributed by atoms with Gasteiger partial charge >= 0.3 is 5.97 Å². The number of nitrogens with one attached hydrogen (secondary N) is 1. The number of fused-ring (bicyclic) bond motifs is 1. The molecule has 2 aromatic heterocycles. The van der Waals surface area contributed by atoms with Gasteiger partial charge in [0.2, 0.25) is 0 Å². The van der Waals surface area contributed by atoms with Crippen LogP contribution in [0.2, 0.25) is 5.02 Å². The van der Waals surface area contributed by atoms with Crippen molar-refractivity contribution in [2.24, 2.45) is 0 Å². The molecular formula is C21H20ClN3O3. The van der Waals surface area contributed by atoms with Crippen molar-refractivity contribution in [1.82, 2.24) is 9.97 Å². The first-order valence-electron chi connectivity index (χ1n) is 8.92. The number of esters is 1. The van der Waals surface area contributed by atoms with Crippen molar-refractivity contribution in [3.63, 3.8) is 0 Å². The van der Waals surface area contributed by atoms with Gasteiger partial charge in [0.1, 0.15) is 5.82 Å². The predicted molar refractivity (Wildman–Crippen MR) is 109 cm³/mol. The smallest absolute Gasteiger partial charge is 0.339 e. The van der Waals surface area contributed by atoms with E-state index in [0.717, 1.165) is 16.8 Å². The molecule has 7 heteroatoms. The fourth-order valence-electron chi connectivity index (χ4n) is 2.92. The number of carbonyl (C=O) groups excluding carboxylic acids is 2. The zero-order chi connectivity index (χ0) is 20.3. The van der Waals surface area contributed by atoms with E-state index >= 15 is 0 Å². The lowest BCUT2D eigenvalue weighted by Crippen LogP contribution is -2.30. The van der Waals surface area contributed by atoms with Gasteiger partial charge in [-0.25, -0.2) is 9.78 Å². The van der Waals surface area contributed by atoms with E-state index in [1.165, 1.54) is 13.1 Å². The lowest BCUT2D eigenvalue weighted by atomic mass is 10.0. The van der Waals surface area contributed by atoms with Gasteiger partial charge < -0.3 is 10.1 Å². The van der Waals surface area contributed by atoms with E-state index in [4.69, 9.17) is 16.3 Å². The van der Waals surface area contributed by atoms with Gasteiger partial charge in [-0.05, 0) is 44.0 Å². The molecule has 0 radical (unpaired) electrons. The van der Waals surface area contributed by atoms with Crippen LogP contribution in [0.1, 0.15) is 35.5 Å². The van der Waals surface area contributed by atoms with E-state index in [-0.39, 0.29) is 0 Å². The first kappa shape index (κ1) is 19.8. The lowest BCUT2D eigenvalue weighted by Gasteiger charge is -2.16. The Hall–Kier alpha value is -2.99. The number of pyridine rings is 2. The number of para-hydroxylation sites is 1. The van der Waals surface area contributed by atoms with Crippen molar-refractivity contribution in [2.45, 2.75) is 33.3 Å². The zero-order valence-electron chi connectivity index (χ0n) is 15.8. The van der Waals surface area contributed by atoms with E-state index in [9.17, 15) is 9.59 Å². The fraction of sp³-hybridized carbons (Fsp3) is 0.238. The van der Waals surface area contributed by atoms with Crippen LogP contribution in [0.15, 0.2) is 42.6 Å². The maximum absolute atomic E-state index is 12.9. The van der Waals surface area contributed by atoms with Crippen LogP contribution >= 0.6 is 11.6 Å². The number of ether oxygens (including phenoxy) is 1. The number of hydrogen-bond donors (Lipinski definition) is 1. The molecule has 0 aliphatic heterocycles. The SMILES string of the molecule is CCc1nc2ccccc2c(C(=O)O[C@H](C)C(=O)Nc2ccc(Cl)cn2)c1C. The van der Waals surface area contributed by atoms with Gasteiger partial charge in [-0.1, -0.05) is 36.7 Å². The van der Waals surface area contributed by atoms with E-state index < -0.39 is 18.0 Å². The number of carbonyl (C=O) groups is 2. The van der Waals surface area contributed by atoms with Crippen molar-refractivity contribution in [2.75, 3.05) is 5.32 Å². The number of nitrogens with zero attached hydrogens (tertiary/aromatic N) is 2. The van der Waals surface area contributed by atoms with Gasteiger partial charge in [-0.15, -0.1) is 0 Å². The topological polar surface area (TPSA) is 81.2 Å². The molecule has 0 aliphatic rings. The summed E-state index contributed by atoms with van der Waals surface area (Å²) in [5.74, 6) is -0.705. The maximum atomic E-state index is 12.9. The van der Waals surface area contributed by atoms with Crippen molar-refractivity contribution in [1.29, 1.82) is 0 Å². The van der Waals surface area contributed by atoms with Crippen molar-refractivity contribution in [3.8, 4) is 0 Å². The molecule has 2 heterocycles. The highest BCUT2D eigenvalue weighted by atomic mass is 35.5. The quantitative estimate of drug-likeness (QED) is 0.648. The highest BCUT2D eigenvalue weighted by Crippen LogP contribution is 2.25. The van der Waals surface area contributed by atoms with Gasteiger partial charge in [0.05, 0.1) is 16.1 Å². The molecule has 3 aromatic rings. The van der Waals surface area contributed by atoms with E-state index in [1.54, 1.807) is 12.1 Å². The van der Waals surface area contributed by atoms with E-state index in [2.05, 4.69) is 15.3 Å². The van der Waals surface area contributed by atoms with E-state index in [0.29, 0.717) is 28.2 Å². The third kappa shape index (κ3) is 4.12. The van der Waals surface area contributed by atoms with Gasteiger partial charge in [0, 0.05) is 17.3 Å². The second kappa shape index (κ2) is 8.35. The summed E-state index contributed by atoms with van der Waals surface area (Å²) in [6, 6.07) is 10.6. The standard InChI is InChI=1S/C21H20ClN3O3/c1-4-16-12(2)19(15-7-5-6-8-17(15)24-16)21(27)28-13(3)20(26)25-18-10-9-14(22)11-23-18/h5-11,13H,4H2,1-3H3,(H,23,25,26)/t13-/m1/s1. The minimum Gasteiger partial charge on any atom is -0.449 e. The summed E-state index contributed by atoms with van der Waals surface area (Å²) in [7, 11) is 0. The van der Waals surface area contributed by atoms with Crippen LogP contribution in [0.25, 0.3) is 10.9 Å². The molecule has 0 saturated carbocycles. The van der Waals surface area contributed by atoms with Crippen LogP contribution in [0, 0.1) is 6.92 Å². The highest BCUT2D eigenvalue weighted by Gasteiger charge is 2.23. The highest BCUT2D eigenvalue weighted by molar-refractivity contribution is 6.30. The number of anilines is 1. The minimum absolute atomic E-state index is 0.330. The Bertz CT molecular complexity index is 1030. The van der Waals surface area contributed by atoms with Gasteiger partial charge in [0.15, 0.2) is 6.10 Å². The summed E-state index contributed by atoms with van der Waals surface area (Å²) in [4.78, 5) is 33.9. The van der Waals surface area contributed by atoms with Crippen LogP contribution in [-0.2, 0) is 16.0 Å². The Balaban J connectivity index is 1.83. The Kier molecular flexibility index (Phi) is 5.90. The summed E-state index contributed by atoms with van der Waals surface area (Å²) < 4.78 is 5.45. The summed E-state index contributed by atoms with van der Waals surface area (Å²) in [6.45, 7) is 5.34. The number of aryl methyl sites for hydroxylation is 1. The molecular weight excluding hydrogens is 378 g/mol. The van der Waals surface area contributed by atoms with Gasteiger partial charge in [-0.2, -0.15) is 0 Å². The molecule has 0 fully saturated rings. The first-order chi connectivity index (χ1) is 13.4. The number of halogens is 1. The Morgan fingerprint density at radius 2 is 1.96 bits per heavy atom. The molecule has 144 valence electrons. The molecule has 0 saturated heterocycles. The maximum Gasteiger partial charge on any atom is 0.339 e. The Morgan fingerprint density at radius 1 is 1.21 bits per heavy atom. The average molecular weight is 398 g/mol. The third-order valence-electron chi connectivity index (χ3n) is 4.41. The van der Waals surface area contributed by atoms with Crippen LogP contribution < -0.4 is 5.32 Å². The van der Waals surface area contributed by atoms with Gasteiger partial charge in [-0.3, -0.25) is 9.78 Å². The second-order valence-corrected chi connectivity index (χ2v) is 6.76. The molecule has 1 amide bonds. The number of benzene rings is 1. The molecule has 1 atom stereocenters. The average Bonchev–Trinajstić information content (AvgIpc) is 2.69. The summed E-state index contributed by atoms with van der Waals surface area (Å²) in [5.41, 5.74) is 2.75. The number of aromatic nitrogens is 2. The molecule has 0 spiro atoms. The van der Waals surface area contributed by atoms with E-state index in [1.807, 2.05) is 38.1 Å². The van der Waals surface area contributed by atoms with Crippen LogP contribution in [0.5, 0.6) is 0 Å². The number of rotatable bonds is 5. The van der Waals surface area contributed by atoms with Crippen LogP contribution in [0.4, 0.5) is 5.82 Å². The molecule has 1 N–H and O–H groups in total. The Morgan fingerprint density at radius 3 is 2.64 bits per heavy atom. The Labute approximate surface area is 167 Å². The molecule has 6 nitrogen and oxygen atoms in total. The number of hydrogen-bond acceptors (Lipinski definition) is 5. The third-order valence-corrected chi connectivity index (χ3v) is 4.63. The predicted octanol–water partition coefficient (Wildman–Crippen LogP) is 4.34. The van der Waals surface area contributed by atoms with Gasteiger partial charge in [0.25, 0.3) is 5.91 Å². The normalized spacial score (nSPS) is 11.9. The molecule has 0 aliphatic carbocycles. The van der Waals surface area contributed by atoms with Crippen molar-refractivity contribution in [3.05, 3.63) is 64.4 Å². The zero-order valence-corrected chi connectivity index (χ0v) is 16.6. The summed E-state index contributed by atoms with van der Waals surface area (Å²) in [6.07, 6.45) is 1.11. The largest absolute Gasteiger partial charge is 0.449 e. The number of amides is 1.